The van der Waals surface area contributed by atoms with E-state index in [1.54, 1.807) is 0 Å². The molecule has 1 N–H and O–H groups in total. The van der Waals surface area contributed by atoms with Crippen LogP contribution in [-0.2, 0) is 20.0 Å². The third-order valence-electron chi connectivity index (χ3n) is 3.46. The number of likely N-dealkylation sites (N-methyl/N-ethyl adjacent to an activating group) is 1. The molecule has 0 aliphatic carbocycles. The van der Waals surface area contributed by atoms with Crippen LogP contribution in [0.3, 0.4) is 0 Å². The molecule has 17 heavy (non-hydrogen) atoms. The largest absolute Gasteiger partial charge is 0.309 e. The zero-order valence-electron chi connectivity index (χ0n) is 12.0. The lowest BCUT2D eigenvalue weighted by Gasteiger charge is -2.32. The van der Waals surface area contributed by atoms with E-state index < -0.39 is 0 Å². The average molecular weight is 238 g/mol. The molecule has 1 aromatic rings. The second kappa shape index (κ2) is 5.65. The van der Waals surface area contributed by atoms with Crippen molar-refractivity contribution < 1.29 is 0 Å². The number of nitrogens with zero attached hydrogens (tertiary/aromatic N) is 3. The van der Waals surface area contributed by atoms with Gasteiger partial charge in [-0.15, -0.1) is 0 Å². The molecule has 0 saturated carbocycles. The lowest BCUT2D eigenvalue weighted by molar-refractivity contribution is 0.189. The summed E-state index contributed by atoms with van der Waals surface area (Å²) in [6.45, 7) is 8.45. The number of rotatable bonds is 6. The van der Waals surface area contributed by atoms with Crippen molar-refractivity contribution >= 4 is 0 Å². The molecule has 0 spiro atoms. The van der Waals surface area contributed by atoms with Crippen molar-refractivity contribution in [2.75, 3.05) is 20.6 Å². The molecule has 0 unspecified atom stereocenters. The monoisotopic (exact) mass is 238 g/mol. The molecule has 0 aliphatic rings. The number of hydrogen-bond acceptors (Lipinski definition) is 3. The molecule has 98 valence electrons. The Morgan fingerprint density at radius 1 is 1.41 bits per heavy atom. The molecular weight excluding hydrogens is 212 g/mol. The number of aromatic nitrogens is 2. The van der Waals surface area contributed by atoms with Crippen molar-refractivity contribution in [1.82, 2.24) is 20.0 Å². The first-order valence-corrected chi connectivity index (χ1v) is 6.26. The molecule has 0 aliphatic heterocycles. The fraction of sp³-hybridized carbons (Fsp3) is 0.769. The van der Waals surface area contributed by atoms with Crippen LogP contribution in [0.15, 0.2) is 6.07 Å². The highest BCUT2D eigenvalue weighted by Gasteiger charge is 2.19. The summed E-state index contributed by atoms with van der Waals surface area (Å²) in [5.74, 6) is 0. The van der Waals surface area contributed by atoms with Gasteiger partial charge in [-0.1, -0.05) is 6.92 Å². The van der Waals surface area contributed by atoms with Gasteiger partial charge in [-0.2, -0.15) is 5.10 Å². The van der Waals surface area contributed by atoms with Crippen molar-refractivity contribution in [1.29, 1.82) is 0 Å². The van der Waals surface area contributed by atoms with E-state index in [0.717, 1.165) is 25.2 Å². The predicted molar refractivity (Wildman–Crippen MR) is 72.1 cm³/mol. The van der Waals surface area contributed by atoms with Crippen LogP contribution >= 0.6 is 0 Å². The quantitative estimate of drug-likeness (QED) is 0.813. The van der Waals surface area contributed by atoms with Gasteiger partial charge in [0, 0.05) is 25.7 Å². The second-order valence-electron chi connectivity index (χ2n) is 5.41. The molecule has 0 atom stereocenters. The highest BCUT2D eigenvalue weighted by Crippen LogP contribution is 2.09. The molecular formula is C13H26N4. The lowest BCUT2D eigenvalue weighted by Crippen LogP contribution is -2.46. The van der Waals surface area contributed by atoms with Crippen LogP contribution in [0.1, 0.15) is 32.2 Å². The van der Waals surface area contributed by atoms with E-state index in [1.165, 1.54) is 5.69 Å². The van der Waals surface area contributed by atoms with E-state index in [1.807, 2.05) is 11.7 Å². The van der Waals surface area contributed by atoms with Crippen molar-refractivity contribution in [3.05, 3.63) is 17.5 Å². The molecule has 1 rings (SSSR count). The maximum Gasteiger partial charge on any atom is 0.0625 e. The number of nitrogens with one attached hydrogen (secondary N) is 1. The Labute approximate surface area is 105 Å². The second-order valence-corrected chi connectivity index (χ2v) is 5.41. The molecule has 0 radical (unpaired) electrons. The molecule has 1 aromatic heterocycles. The number of aryl methyl sites for hydroxylation is 2. The molecule has 0 aromatic carbocycles. The summed E-state index contributed by atoms with van der Waals surface area (Å²) in [7, 11) is 6.23. The van der Waals surface area contributed by atoms with E-state index in [4.69, 9.17) is 0 Å². The minimum Gasteiger partial charge on any atom is -0.309 e. The fourth-order valence-corrected chi connectivity index (χ4v) is 1.56. The molecule has 0 amide bonds. The van der Waals surface area contributed by atoms with Gasteiger partial charge in [-0.05, 0) is 40.4 Å². The van der Waals surface area contributed by atoms with Crippen LogP contribution < -0.4 is 5.32 Å². The predicted octanol–water partition coefficient (Wildman–Crippen LogP) is 1.41. The van der Waals surface area contributed by atoms with Gasteiger partial charge in [0.2, 0.25) is 0 Å². The first-order valence-electron chi connectivity index (χ1n) is 6.26. The first kappa shape index (κ1) is 14.2. The zero-order chi connectivity index (χ0) is 13.1. The van der Waals surface area contributed by atoms with Crippen molar-refractivity contribution in [2.45, 2.75) is 39.3 Å². The third kappa shape index (κ3) is 3.82. The normalized spacial score (nSPS) is 12.4. The average Bonchev–Trinajstić information content (AvgIpc) is 2.59. The van der Waals surface area contributed by atoms with Crippen LogP contribution in [0, 0.1) is 0 Å². The number of hydrogen-bond donors (Lipinski definition) is 1. The van der Waals surface area contributed by atoms with Gasteiger partial charge in [0.1, 0.15) is 0 Å². The van der Waals surface area contributed by atoms with E-state index >= 15 is 0 Å². The standard InChI is InChI=1S/C13H26N4/c1-7-11-8-12(17(6)15-11)9-14-10-13(2,3)16(4)5/h8,14H,7,9-10H2,1-6H3. The van der Waals surface area contributed by atoms with Gasteiger partial charge in [0.05, 0.1) is 11.4 Å². The van der Waals surface area contributed by atoms with Gasteiger partial charge in [0.15, 0.2) is 0 Å². The van der Waals surface area contributed by atoms with Crippen LogP contribution in [0.2, 0.25) is 0 Å². The van der Waals surface area contributed by atoms with Gasteiger partial charge < -0.3 is 10.2 Å². The Bertz CT molecular complexity index is 352. The SMILES string of the molecule is CCc1cc(CNCC(C)(C)N(C)C)n(C)n1. The minimum atomic E-state index is 0.173. The molecule has 1 heterocycles. The summed E-state index contributed by atoms with van der Waals surface area (Å²) in [6.07, 6.45) is 0.997. The Morgan fingerprint density at radius 3 is 2.53 bits per heavy atom. The highest BCUT2D eigenvalue weighted by atomic mass is 15.3. The summed E-state index contributed by atoms with van der Waals surface area (Å²) in [5.41, 5.74) is 2.58. The van der Waals surface area contributed by atoms with E-state index in [0.29, 0.717) is 0 Å². The highest BCUT2D eigenvalue weighted by molar-refractivity contribution is 5.10. The van der Waals surface area contributed by atoms with E-state index in [-0.39, 0.29) is 5.54 Å². The van der Waals surface area contributed by atoms with Gasteiger partial charge >= 0.3 is 0 Å². The minimum absolute atomic E-state index is 0.173. The van der Waals surface area contributed by atoms with Gasteiger partial charge in [0.25, 0.3) is 0 Å². The molecule has 4 nitrogen and oxygen atoms in total. The van der Waals surface area contributed by atoms with Crippen molar-refractivity contribution in [3.8, 4) is 0 Å². The van der Waals surface area contributed by atoms with Crippen LogP contribution in [-0.4, -0.2) is 40.9 Å². The maximum absolute atomic E-state index is 4.45. The van der Waals surface area contributed by atoms with E-state index in [9.17, 15) is 0 Å². The molecule has 0 fully saturated rings. The van der Waals surface area contributed by atoms with Crippen LogP contribution in [0.4, 0.5) is 0 Å². The topological polar surface area (TPSA) is 33.1 Å². The fourth-order valence-electron chi connectivity index (χ4n) is 1.56. The molecule has 4 heteroatoms. The van der Waals surface area contributed by atoms with Crippen molar-refractivity contribution in [2.24, 2.45) is 7.05 Å². The lowest BCUT2D eigenvalue weighted by atomic mass is 10.0. The molecule has 0 saturated heterocycles. The third-order valence-corrected chi connectivity index (χ3v) is 3.46. The van der Waals surface area contributed by atoms with Crippen LogP contribution in [0.5, 0.6) is 0 Å². The Balaban J connectivity index is 2.48. The Morgan fingerprint density at radius 2 is 2.06 bits per heavy atom. The van der Waals surface area contributed by atoms with Gasteiger partial charge in [-0.3, -0.25) is 4.68 Å². The van der Waals surface area contributed by atoms with Gasteiger partial charge in [-0.25, -0.2) is 0 Å². The summed E-state index contributed by atoms with van der Waals surface area (Å²) < 4.78 is 1.97. The summed E-state index contributed by atoms with van der Waals surface area (Å²) in [4.78, 5) is 2.24. The van der Waals surface area contributed by atoms with E-state index in [2.05, 4.69) is 56.2 Å². The smallest absolute Gasteiger partial charge is 0.0625 e. The summed E-state index contributed by atoms with van der Waals surface area (Å²) in [5, 5.41) is 7.94. The van der Waals surface area contributed by atoms with Crippen LogP contribution in [0.25, 0.3) is 0 Å². The van der Waals surface area contributed by atoms with Crippen molar-refractivity contribution in [3.63, 3.8) is 0 Å². The maximum atomic E-state index is 4.45. The Kier molecular flexibility index (Phi) is 4.71. The summed E-state index contributed by atoms with van der Waals surface area (Å²) in [6, 6.07) is 2.18. The summed E-state index contributed by atoms with van der Waals surface area (Å²) >= 11 is 0. The Hall–Kier alpha value is -0.870. The molecule has 0 bridgehead atoms. The first-order chi connectivity index (χ1) is 7.86. The zero-order valence-corrected chi connectivity index (χ0v) is 12.0.